The van der Waals surface area contributed by atoms with Gasteiger partial charge in [0, 0.05) is 24.6 Å². The third kappa shape index (κ3) is 4.07. The van der Waals surface area contributed by atoms with E-state index in [1.54, 1.807) is 29.2 Å². The first-order valence-corrected chi connectivity index (χ1v) is 9.97. The van der Waals surface area contributed by atoms with Crippen molar-refractivity contribution < 1.29 is 4.79 Å². The van der Waals surface area contributed by atoms with Gasteiger partial charge in [0.15, 0.2) is 5.65 Å². The minimum absolute atomic E-state index is 0.193. The number of hydrogen-bond donors (Lipinski definition) is 1. The Morgan fingerprint density at radius 3 is 2.89 bits per heavy atom. The Bertz CT molecular complexity index is 949. The number of hydrogen-bond acceptors (Lipinski definition) is 4. The molecule has 2 aromatic heterocycles. The van der Waals surface area contributed by atoms with E-state index in [4.69, 9.17) is 0 Å². The third-order valence-corrected chi connectivity index (χ3v) is 5.83. The smallest absolute Gasteiger partial charge is 0.261 e. The molecule has 0 bridgehead atoms. The maximum Gasteiger partial charge on any atom is 0.261 e. The molecule has 0 unspecified atom stereocenters. The fourth-order valence-electron chi connectivity index (χ4n) is 4.12. The van der Waals surface area contributed by atoms with Gasteiger partial charge in [0.2, 0.25) is 0 Å². The van der Waals surface area contributed by atoms with Crippen LogP contribution in [0.2, 0.25) is 0 Å². The van der Waals surface area contributed by atoms with Gasteiger partial charge in [0.25, 0.3) is 5.91 Å². The van der Waals surface area contributed by atoms with Crippen LogP contribution in [0.5, 0.6) is 0 Å². The molecule has 0 saturated carbocycles. The lowest BCUT2D eigenvalue weighted by Crippen LogP contribution is -2.36. The van der Waals surface area contributed by atoms with Gasteiger partial charge < -0.3 is 10.2 Å². The highest BCUT2D eigenvalue weighted by atomic mass is 16.1. The molecule has 6 heteroatoms. The highest BCUT2D eigenvalue weighted by molar-refractivity contribution is 6.08. The van der Waals surface area contributed by atoms with Crippen molar-refractivity contribution in [3.63, 3.8) is 0 Å². The summed E-state index contributed by atoms with van der Waals surface area (Å²) in [4.78, 5) is 19.2. The largest absolute Gasteiger partial charge is 0.322 e. The zero-order valence-electron chi connectivity index (χ0n) is 16.5. The van der Waals surface area contributed by atoms with Crippen LogP contribution in [-0.4, -0.2) is 45.5 Å². The number of anilines is 1. The molecule has 1 saturated heterocycles. The van der Waals surface area contributed by atoms with Crippen molar-refractivity contribution in [2.45, 2.75) is 26.2 Å². The number of nitrogens with zero attached hydrogens (tertiary/aromatic N) is 4. The minimum atomic E-state index is -0.193. The van der Waals surface area contributed by atoms with Crippen LogP contribution >= 0.6 is 0 Å². The van der Waals surface area contributed by atoms with Crippen molar-refractivity contribution in [3.8, 4) is 0 Å². The maximum absolute atomic E-state index is 12.6. The van der Waals surface area contributed by atoms with E-state index in [0.717, 1.165) is 23.9 Å². The summed E-state index contributed by atoms with van der Waals surface area (Å²) in [6, 6.07) is 9.97. The molecule has 0 aliphatic carbocycles. The number of likely N-dealkylation sites (tertiary alicyclic amines) is 1. The monoisotopic (exact) mass is 377 g/mol. The lowest BCUT2D eigenvalue weighted by atomic mass is 9.83. The number of nitrogens with one attached hydrogen (secondary N) is 1. The van der Waals surface area contributed by atoms with E-state index in [9.17, 15) is 4.79 Å². The Morgan fingerprint density at radius 1 is 1.29 bits per heavy atom. The van der Waals surface area contributed by atoms with Crippen LogP contribution in [-0.2, 0) is 6.42 Å². The van der Waals surface area contributed by atoms with Gasteiger partial charge in [-0.05, 0) is 68.5 Å². The normalized spacial score (nSPS) is 20.4. The van der Waals surface area contributed by atoms with Gasteiger partial charge in [-0.15, -0.1) is 0 Å². The van der Waals surface area contributed by atoms with Gasteiger partial charge in [-0.25, -0.2) is 9.50 Å². The van der Waals surface area contributed by atoms with Crippen molar-refractivity contribution in [1.82, 2.24) is 19.5 Å². The Balaban J connectivity index is 1.35. The van der Waals surface area contributed by atoms with Crippen molar-refractivity contribution in [1.29, 1.82) is 0 Å². The minimum Gasteiger partial charge on any atom is -0.322 e. The Morgan fingerprint density at radius 2 is 2.11 bits per heavy atom. The number of carbonyl (C=O) groups is 1. The van der Waals surface area contributed by atoms with Crippen molar-refractivity contribution in [2.24, 2.45) is 11.8 Å². The molecule has 4 rings (SSSR count). The van der Waals surface area contributed by atoms with Gasteiger partial charge in [0.05, 0.1) is 6.20 Å². The first kappa shape index (κ1) is 18.6. The molecule has 0 radical (unpaired) electrons. The van der Waals surface area contributed by atoms with Crippen LogP contribution in [0.4, 0.5) is 5.69 Å². The number of amides is 1. The highest BCUT2D eigenvalue weighted by Gasteiger charge is 2.23. The van der Waals surface area contributed by atoms with Gasteiger partial charge in [-0.1, -0.05) is 19.1 Å². The lowest BCUT2D eigenvalue weighted by molar-refractivity contribution is 0.102. The van der Waals surface area contributed by atoms with Crippen LogP contribution < -0.4 is 5.32 Å². The zero-order valence-corrected chi connectivity index (χ0v) is 16.5. The summed E-state index contributed by atoms with van der Waals surface area (Å²) in [6.45, 7) is 4.78. The summed E-state index contributed by atoms with van der Waals surface area (Å²) < 4.78 is 1.60. The second-order valence-corrected chi connectivity index (χ2v) is 7.92. The fourth-order valence-corrected chi connectivity index (χ4v) is 4.12. The topological polar surface area (TPSA) is 62.5 Å². The maximum atomic E-state index is 12.6. The number of piperidine rings is 1. The number of rotatable bonds is 5. The van der Waals surface area contributed by atoms with Crippen molar-refractivity contribution in [2.75, 3.05) is 25.5 Å². The summed E-state index contributed by atoms with van der Waals surface area (Å²) >= 11 is 0. The second-order valence-electron chi connectivity index (χ2n) is 7.92. The third-order valence-electron chi connectivity index (χ3n) is 5.83. The van der Waals surface area contributed by atoms with E-state index in [-0.39, 0.29) is 5.91 Å². The quantitative estimate of drug-likeness (QED) is 0.739. The Labute approximate surface area is 165 Å². The standard InChI is InChI=1S/C22H27N5O/c1-16-15-26(2)13-10-18(16)7-4-17-5-8-19(9-6-17)25-22(28)20-14-24-27-12-3-11-23-21(20)27/h3,5-6,8-9,11-12,14,16,18H,4,7,10,13,15H2,1-2H3,(H,25,28)/t16-,18-/m1/s1. The van der Waals surface area contributed by atoms with Crippen LogP contribution in [0.1, 0.15) is 35.7 Å². The predicted octanol–water partition coefficient (Wildman–Crippen LogP) is 3.50. The zero-order chi connectivity index (χ0) is 19.5. The van der Waals surface area contributed by atoms with Gasteiger partial charge in [-0.3, -0.25) is 4.79 Å². The molecule has 1 N–H and O–H groups in total. The Kier molecular flexibility index (Phi) is 5.39. The van der Waals surface area contributed by atoms with E-state index in [2.05, 4.69) is 46.4 Å². The van der Waals surface area contributed by atoms with Crippen LogP contribution in [0.15, 0.2) is 48.9 Å². The summed E-state index contributed by atoms with van der Waals surface area (Å²) in [5.74, 6) is 1.37. The van der Waals surface area contributed by atoms with Crippen LogP contribution in [0, 0.1) is 11.8 Å². The van der Waals surface area contributed by atoms with Crippen LogP contribution in [0.3, 0.4) is 0 Å². The molecular weight excluding hydrogens is 350 g/mol. The van der Waals surface area contributed by atoms with E-state index >= 15 is 0 Å². The molecule has 6 nitrogen and oxygen atoms in total. The molecular formula is C22H27N5O. The number of benzene rings is 1. The van der Waals surface area contributed by atoms with Gasteiger partial charge in [0.1, 0.15) is 5.56 Å². The summed E-state index contributed by atoms with van der Waals surface area (Å²) in [5.41, 5.74) is 3.14. The molecule has 0 spiro atoms. The average molecular weight is 377 g/mol. The van der Waals surface area contributed by atoms with Crippen molar-refractivity contribution in [3.05, 3.63) is 60.0 Å². The number of fused-ring (bicyclic) bond motifs is 1. The second kappa shape index (κ2) is 8.10. The highest BCUT2D eigenvalue weighted by Crippen LogP contribution is 2.27. The van der Waals surface area contributed by atoms with E-state index in [1.165, 1.54) is 31.5 Å². The van der Waals surface area contributed by atoms with E-state index in [0.29, 0.717) is 11.2 Å². The molecule has 146 valence electrons. The molecule has 3 aromatic rings. The predicted molar refractivity (Wildman–Crippen MR) is 110 cm³/mol. The van der Waals surface area contributed by atoms with Crippen molar-refractivity contribution >= 4 is 17.2 Å². The SMILES string of the molecule is C[C@@H]1CN(C)CC[C@H]1CCc1ccc(NC(=O)c2cnn3cccnc23)cc1. The lowest BCUT2D eigenvalue weighted by Gasteiger charge is -2.34. The number of aryl methyl sites for hydroxylation is 1. The molecule has 3 heterocycles. The molecule has 28 heavy (non-hydrogen) atoms. The molecule has 1 aliphatic heterocycles. The molecule has 1 aliphatic rings. The summed E-state index contributed by atoms with van der Waals surface area (Å²) in [5, 5.41) is 7.11. The first-order chi connectivity index (χ1) is 13.6. The molecule has 2 atom stereocenters. The van der Waals surface area contributed by atoms with Crippen LogP contribution in [0.25, 0.3) is 5.65 Å². The van der Waals surface area contributed by atoms with E-state index in [1.807, 2.05) is 12.1 Å². The fraction of sp³-hybridized carbons (Fsp3) is 0.409. The first-order valence-electron chi connectivity index (χ1n) is 9.97. The number of carbonyl (C=O) groups excluding carboxylic acids is 1. The summed E-state index contributed by atoms with van der Waals surface area (Å²) in [7, 11) is 2.21. The number of aromatic nitrogens is 3. The van der Waals surface area contributed by atoms with Gasteiger partial charge >= 0.3 is 0 Å². The summed E-state index contributed by atoms with van der Waals surface area (Å²) in [6.07, 6.45) is 8.60. The molecule has 1 amide bonds. The van der Waals surface area contributed by atoms with E-state index < -0.39 is 0 Å². The molecule has 1 fully saturated rings. The molecule has 1 aromatic carbocycles. The van der Waals surface area contributed by atoms with Gasteiger partial charge in [-0.2, -0.15) is 5.10 Å². The average Bonchev–Trinajstić information content (AvgIpc) is 3.13. The Hall–Kier alpha value is -2.73.